The van der Waals surface area contributed by atoms with Crippen molar-refractivity contribution in [2.45, 2.75) is 11.8 Å². The number of rotatable bonds is 8. The SMILES string of the molecule is CCN(c1ccccc1)S(=O)(=O)c1ccc(C(=O)OCC(=O)c2cccs2)cc1. The van der Waals surface area contributed by atoms with E-state index in [1.54, 1.807) is 48.7 Å². The average Bonchev–Trinajstić information content (AvgIpc) is 3.28. The van der Waals surface area contributed by atoms with Gasteiger partial charge in [-0.3, -0.25) is 9.10 Å². The lowest BCUT2D eigenvalue weighted by molar-refractivity contribution is 0.0475. The summed E-state index contributed by atoms with van der Waals surface area (Å²) in [4.78, 5) is 24.7. The normalized spacial score (nSPS) is 11.1. The maximum absolute atomic E-state index is 13.0. The zero-order chi connectivity index (χ0) is 20.9. The number of carbonyl (C=O) groups excluding carboxylic acids is 2. The van der Waals surface area contributed by atoms with E-state index in [1.165, 1.54) is 39.9 Å². The summed E-state index contributed by atoms with van der Waals surface area (Å²) in [5.41, 5.74) is 0.733. The molecule has 2 aromatic carbocycles. The van der Waals surface area contributed by atoms with E-state index in [0.717, 1.165) is 0 Å². The molecule has 3 aromatic rings. The molecule has 0 fully saturated rings. The van der Waals surface area contributed by atoms with Gasteiger partial charge in [0.2, 0.25) is 5.78 Å². The fourth-order valence-corrected chi connectivity index (χ4v) is 4.82. The Morgan fingerprint density at radius 2 is 1.66 bits per heavy atom. The standard InChI is InChI=1S/C21H19NO5S2/c1-2-22(17-7-4-3-5-8-17)29(25,26)18-12-10-16(11-13-18)21(24)27-15-19(23)20-9-6-14-28-20/h3-14H,2,15H2,1H3. The molecule has 8 heteroatoms. The number of hydrogen-bond donors (Lipinski definition) is 0. The minimum absolute atomic E-state index is 0.0643. The van der Waals surface area contributed by atoms with Gasteiger partial charge < -0.3 is 4.74 Å². The van der Waals surface area contributed by atoms with Gasteiger partial charge >= 0.3 is 5.97 Å². The Kier molecular flexibility index (Phi) is 6.46. The Bertz CT molecular complexity index is 1080. The quantitative estimate of drug-likeness (QED) is 0.399. The van der Waals surface area contributed by atoms with Crippen molar-refractivity contribution >= 4 is 38.8 Å². The molecule has 150 valence electrons. The summed E-state index contributed by atoms with van der Waals surface area (Å²) in [6.45, 7) is 1.65. The van der Waals surface area contributed by atoms with Crippen molar-refractivity contribution in [1.82, 2.24) is 0 Å². The van der Waals surface area contributed by atoms with Crippen LogP contribution in [0.4, 0.5) is 5.69 Å². The van der Waals surface area contributed by atoms with Gasteiger partial charge in [-0.25, -0.2) is 13.2 Å². The first-order valence-corrected chi connectivity index (χ1v) is 11.2. The molecule has 0 saturated heterocycles. The first kappa shape index (κ1) is 20.8. The molecule has 1 heterocycles. The summed E-state index contributed by atoms with van der Waals surface area (Å²) in [7, 11) is -3.77. The number of benzene rings is 2. The minimum atomic E-state index is -3.77. The van der Waals surface area contributed by atoms with Crippen molar-refractivity contribution in [3.63, 3.8) is 0 Å². The number of sulfonamides is 1. The van der Waals surface area contributed by atoms with Crippen molar-refractivity contribution in [3.05, 3.63) is 82.6 Å². The first-order chi connectivity index (χ1) is 13.9. The van der Waals surface area contributed by atoms with Crippen LogP contribution in [0.15, 0.2) is 77.0 Å². The minimum Gasteiger partial charge on any atom is -0.454 e. The van der Waals surface area contributed by atoms with Crippen LogP contribution in [-0.4, -0.2) is 33.3 Å². The molecule has 0 aliphatic rings. The van der Waals surface area contributed by atoms with Crippen LogP contribution in [0.25, 0.3) is 0 Å². The van der Waals surface area contributed by atoms with Crippen LogP contribution in [0.1, 0.15) is 27.0 Å². The largest absolute Gasteiger partial charge is 0.454 e. The van der Waals surface area contributed by atoms with E-state index in [9.17, 15) is 18.0 Å². The molecule has 0 aliphatic carbocycles. The van der Waals surface area contributed by atoms with Gasteiger partial charge in [-0.1, -0.05) is 24.3 Å². The van der Waals surface area contributed by atoms with E-state index in [-0.39, 0.29) is 29.4 Å². The first-order valence-electron chi connectivity index (χ1n) is 8.85. The topological polar surface area (TPSA) is 80.8 Å². The number of para-hydroxylation sites is 1. The van der Waals surface area contributed by atoms with E-state index >= 15 is 0 Å². The van der Waals surface area contributed by atoms with Crippen molar-refractivity contribution in [1.29, 1.82) is 0 Å². The Labute approximate surface area is 173 Å². The predicted octanol–water partition coefficient (Wildman–Crippen LogP) is 4.00. The maximum atomic E-state index is 13.0. The second kappa shape index (κ2) is 9.02. The number of nitrogens with zero attached hydrogens (tertiary/aromatic N) is 1. The number of esters is 1. The summed E-state index contributed by atoms with van der Waals surface area (Å²) in [5, 5.41) is 1.77. The second-order valence-corrected chi connectivity index (χ2v) is 8.82. The van der Waals surface area contributed by atoms with Gasteiger partial charge in [0.15, 0.2) is 6.61 Å². The van der Waals surface area contributed by atoms with Crippen LogP contribution >= 0.6 is 11.3 Å². The molecule has 0 atom stereocenters. The molecule has 0 bridgehead atoms. The Balaban J connectivity index is 1.71. The molecule has 3 rings (SSSR count). The molecule has 0 spiro atoms. The van der Waals surface area contributed by atoms with Crippen molar-refractivity contribution in [3.8, 4) is 0 Å². The summed E-state index contributed by atoms with van der Waals surface area (Å²) >= 11 is 1.27. The number of Topliss-reactive ketones (excluding diaryl/α,β-unsaturated/α-hetero) is 1. The summed E-state index contributed by atoms with van der Waals surface area (Å²) < 4.78 is 32.2. The maximum Gasteiger partial charge on any atom is 0.338 e. The highest BCUT2D eigenvalue weighted by Gasteiger charge is 2.24. The smallest absolute Gasteiger partial charge is 0.338 e. The molecular formula is C21H19NO5S2. The lowest BCUT2D eigenvalue weighted by Gasteiger charge is -2.22. The molecule has 0 unspecified atom stereocenters. The fourth-order valence-electron chi connectivity index (χ4n) is 2.70. The Hall–Kier alpha value is -2.97. The molecule has 0 amide bonds. The number of thiophene rings is 1. The number of hydrogen-bond acceptors (Lipinski definition) is 6. The van der Waals surface area contributed by atoms with E-state index in [1.807, 2.05) is 6.07 Å². The molecule has 0 saturated carbocycles. The summed E-state index contributed by atoms with van der Waals surface area (Å²) in [6.07, 6.45) is 0. The van der Waals surface area contributed by atoms with Crippen LogP contribution in [-0.2, 0) is 14.8 Å². The third kappa shape index (κ3) is 4.72. The van der Waals surface area contributed by atoms with Crippen LogP contribution in [0.3, 0.4) is 0 Å². The molecular weight excluding hydrogens is 410 g/mol. The van der Waals surface area contributed by atoms with Gasteiger partial charge in [-0.05, 0) is 54.8 Å². The van der Waals surface area contributed by atoms with Crippen LogP contribution in [0.5, 0.6) is 0 Å². The molecule has 0 radical (unpaired) electrons. The highest BCUT2D eigenvalue weighted by atomic mass is 32.2. The molecule has 0 N–H and O–H groups in total. The summed E-state index contributed by atoms with van der Waals surface area (Å²) in [5.74, 6) is -0.969. The molecule has 0 aliphatic heterocycles. The van der Waals surface area contributed by atoms with Gasteiger partial charge in [0.1, 0.15) is 0 Å². The van der Waals surface area contributed by atoms with Crippen molar-refractivity contribution in [2.24, 2.45) is 0 Å². The van der Waals surface area contributed by atoms with E-state index < -0.39 is 16.0 Å². The second-order valence-electron chi connectivity index (χ2n) is 6.01. The van der Waals surface area contributed by atoms with Gasteiger partial charge in [0, 0.05) is 6.54 Å². The van der Waals surface area contributed by atoms with Gasteiger partial charge in [-0.2, -0.15) is 0 Å². The van der Waals surface area contributed by atoms with Crippen LogP contribution in [0, 0.1) is 0 Å². The molecule has 6 nitrogen and oxygen atoms in total. The molecule has 1 aromatic heterocycles. The third-order valence-electron chi connectivity index (χ3n) is 4.14. The van der Waals surface area contributed by atoms with E-state index in [2.05, 4.69) is 0 Å². The number of carbonyl (C=O) groups is 2. The van der Waals surface area contributed by atoms with Gasteiger partial charge in [0.25, 0.3) is 10.0 Å². The highest BCUT2D eigenvalue weighted by Crippen LogP contribution is 2.23. The van der Waals surface area contributed by atoms with Gasteiger partial charge in [0.05, 0.1) is 21.0 Å². The van der Waals surface area contributed by atoms with Gasteiger partial charge in [-0.15, -0.1) is 11.3 Å². The van der Waals surface area contributed by atoms with E-state index in [0.29, 0.717) is 10.6 Å². The number of ketones is 1. The number of ether oxygens (including phenoxy) is 1. The zero-order valence-electron chi connectivity index (χ0n) is 15.6. The lowest BCUT2D eigenvalue weighted by atomic mass is 10.2. The zero-order valence-corrected chi connectivity index (χ0v) is 17.3. The van der Waals surface area contributed by atoms with Crippen molar-refractivity contribution in [2.75, 3.05) is 17.5 Å². The third-order valence-corrected chi connectivity index (χ3v) is 6.97. The monoisotopic (exact) mass is 429 g/mol. The summed E-state index contributed by atoms with van der Waals surface area (Å²) in [6, 6.07) is 17.7. The number of anilines is 1. The van der Waals surface area contributed by atoms with Crippen LogP contribution < -0.4 is 4.31 Å². The van der Waals surface area contributed by atoms with Crippen molar-refractivity contribution < 1.29 is 22.7 Å². The van der Waals surface area contributed by atoms with Crippen LogP contribution in [0.2, 0.25) is 0 Å². The highest BCUT2D eigenvalue weighted by molar-refractivity contribution is 7.92. The predicted molar refractivity (Wildman–Crippen MR) is 112 cm³/mol. The van der Waals surface area contributed by atoms with E-state index in [4.69, 9.17) is 4.74 Å². The lowest BCUT2D eigenvalue weighted by Crippen LogP contribution is -2.30. The fraction of sp³-hybridized carbons (Fsp3) is 0.143. The Morgan fingerprint density at radius 3 is 2.24 bits per heavy atom. The average molecular weight is 430 g/mol. The molecule has 29 heavy (non-hydrogen) atoms. The Morgan fingerprint density at radius 1 is 0.966 bits per heavy atom.